The zero-order chi connectivity index (χ0) is 9.84. The molecule has 1 rings (SSSR count). The number of aliphatic hydroxyl groups excluding tert-OH is 1. The molecule has 1 saturated carbocycles. The first-order chi connectivity index (χ1) is 6.15. The third-order valence-corrected chi connectivity index (χ3v) is 3.06. The zero-order valence-electron chi connectivity index (χ0n) is 8.49. The molecule has 2 atom stereocenters. The molecule has 0 radical (unpaired) electrons. The fourth-order valence-corrected chi connectivity index (χ4v) is 2.04. The Morgan fingerprint density at radius 1 is 1.54 bits per heavy atom. The molecule has 0 heterocycles. The van der Waals surface area contributed by atoms with Gasteiger partial charge in [0, 0.05) is 26.6 Å². The van der Waals surface area contributed by atoms with E-state index in [9.17, 15) is 4.79 Å². The Kier molecular flexibility index (Phi) is 3.72. The molecule has 1 N–H and O–H groups in total. The lowest BCUT2D eigenvalue weighted by molar-refractivity contribution is -0.130. The number of nitrogens with zero attached hydrogens (tertiary/aromatic N) is 1. The minimum atomic E-state index is 0.128. The molecule has 1 aliphatic carbocycles. The highest BCUT2D eigenvalue weighted by molar-refractivity contribution is 5.73. The van der Waals surface area contributed by atoms with Crippen LogP contribution < -0.4 is 0 Å². The molecule has 0 aromatic carbocycles. The fraction of sp³-hybridized carbons (Fsp3) is 0.900. The molecule has 0 bridgehead atoms. The van der Waals surface area contributed by atoms with Crippen LogP contribution in [0.25, 0.3) is 0 Å². The fourth-order valence-electron chi connectivity index (χ4n) is 2.04. The van der Waals surface area contributed by atoms with E-state index in [1.165, 1.54) is 0 Å². The van der Waals surface area contributed by atoms with Crippen LogP contribution in [0.5, 0.6) is 0 Å². The van der Waals surface area contributed by atoms with Crippen molar-refractivity contribution >= 4 is 5.91 Å². The maximum Gasteiger partial charge on any atom is 0.219 e. The second-order valence-electron chi connectivity index (χ2n) is 4.00. The molecule has 1 aliphatic rings. The van der Waals surface area contributed by atoms with E-state index in [0.717, 1.165) is 25.7 Å². The Labute approximate surface area is 79.7 Å². The van der Waals surface area contributed by atoms with Gasteiger partial charge in [0.15, 0.2) is 0 Å². The molecular formula is C10H19NO2. The summed E-state index contributed by atoms with van der Waals surface area (Å²) in [5.41, 5.74) is 0. The van der Waals surface area contributed by atoms with Gasteiger partial charge in [0.1, 0.15) is 0 Å². The normalized spacial score (nSPS) is 28.5. The average Bonchev–Trinajstić information content (AvgIpc) is 2.16. The van der Waals surface area contributed by atoms with Crippen LogP contribution in [0.3, 0.4) is 0 Å². The predicted octanol–water partition coefficient (Wildman–Crippen LogP) is 1.02. The number of aliphatic hydroxyl groups is 1. The molecule has 2 unspecified atom stereocenters. The van der Waals surface area contributed by atoms with Gasteiger partial charge in [-0.3, -0.25) is 4.79 Å². The molecule has 0 saturated heterocycles. The van der Waals surface area contributed by atoms with E-state index in [2.05, 4.69) is 0 Å². The third-order valence-electron chi connectivity index (χ3n) is 3.06. The van der Waals surface area contributed by atoms with Crippen LogP contribution in [0.15, 0.2) is 0 Å². The highest BCUT2D eigenvalue weighted by atomic mass is 16.3. The Morgan fingerprint density at radius 2 is 2.23 bits per heavy atom. The molecule has 3 nitrogen and oxygen atoms in total. The first-order valence-electron chi connectivity index (χ1n) is 4.99. The second-order valence-corrected chi connectivity index (χ2v) is 4.00. The van der Waals surface area contributed by atoms with Crippen molar-refractivity contribution in [1.29, 1.82) is 0 Å². The van der Waals surface area contributed by atoms with Gasteiger partial charge in [0.25, 0.3) is 0 Å². The molecular weight excluding hydrogens is 166 g/mol. The number of amides is 1. The second kappa shape index (κ2) is 4.61. The Morgan fingerprint density at radius 3 is 2.77 bits per heavy atom. The van der Waals surface area contributed by atoms with Crippen LogP contribution in [0.2, 0.25) is 0 Å². The molecule has 0 spiro atoms. The Hall–Kier alpha value is -0.570. The quantitative estimate of drug-likeness (QED) is 0.697. The van der Waals surface area contributed by atoms with E-state index < -0.39 is 0 Å². The molecule has 76 valence electrons. The van der Waals surface area contributed by atoms with Crippen LogP contribution in [0.4, 0.5) is 0 Å². The summed E-state index contributed by atoms with van der Waals surface area (Å²) in [6, 6.07) is 0.350. The molecule has 3 heteroatoms. The molecule has 1 amide bonds. The number of carbonyl (C=O) groups excluding carboxylic acids is 1. The number of hydrogen-bond donors (Lipinski definition) is 1. The van der Waals surface area contributed by atoms with Gasteiger partial charge in [-0.1, -0.05) is 6.42 Å². The van der Waals surface area contributed by atoms with Crippen molar-refractivity contribution in [2.75, 3.05) is 13.7 Å². The highest BCUT2D eigenvalue weighted by Crippen LogP contribution is 2.26. The first kappa shape index (κ1) is 10.5. The molecule has 1 fully saturated rings. The number of hydrogen-bond acceptors (Lipinski definition) is 2. The molecule has 0 aromatic heterocycles. The van der Waals surface area contributed by atoms with Gasteiger partial charge < -0.3 is 10.0 Å². The van der Waals surface area contributed by atoms with Crippen LogP contribution in [0.1, 0.15) is 32.6 Å². The Bertz CT molecular complexity index is 182. The van der Waals surface area contributed by atoms with Gasteiger partial charge in [-0.05, 0) is 25.2 Å². The maximum absolute atomic E-state index is 11.1. The van der Waals surface area contributed by atoms with Gasteiger partial charge in [0.2, 0.25) is 5.91 Å². The SMILES string of the molecule is CC(=O)N(C)C1CCCC(CO)C1. The summed E-state index contributed by atoms with van der Waals surface area (Å²) in [7, 11) is 1.85. The van der Waals surface area contributed by atoms with Crippen LogP contribution in [-0.2, 0) is 4.79 Å². The van der Waals surface area contributed by atoms with Gasteiger partial charge in [0.05, 0.1) is 0 Å². The van der Waals surface area contributed by atoms with Crippen molar-refractivity contribution in [1.82, 2.24) is 4.90 Å². The van der Waals surface area contributed by atoms with Crippen molar-refractivity contribution in [2.24, 2.45) is 5.92 Å². The van der Waals surface area contributed by atoms with E-state index >= 15 is 0 Å². The largest absolute Gasteiger partial charge is 0.396 e. The monoisotopic (exact) mass is 185 g/mol. The summed E-state index contributed by atoms with van der Waals surface area (Å²) >= 11 is 0. The van der Waals surface area contributed by atoms with E-state index in [1.807, 2.05) is 11.9 Å². The predicted molar refractivity (Wildman–Crippen MR) is 51.3 cm³/mol. The smallest absolute Gasteiger partial charge is 0.219 e. The van der Waals surface area contributed by atoms with Crippen molar-refractivity contribution < 1.29 is 9.90 Å². The van der Waals surface area contributed by atoms with Crippen LogP contribution >= 0.6 is 0 Å². The van der Waals surface area contributed by atoms with Crippen LogP contribution in [-0.4, -0.2) is 35.6 Å². The van der Waals surface area contributed by atoms with Crippen LogP contribution in [0, 0.1) is 5.92 Å². The van der Waals surface area contributed by atoms with Crippen molar-refractivity contribution in [3.63, 3.8) is 0 Å². The lowest BCUT2D eigenvalue weighted by Crippen LogP contribution is -2.39. The average molecular weight is 185 g/mol. The minimum Gasteiger partial charge on any atom is -0.396 e. The summed E-state index contributed by atoms with van der Waals surface area (Å²) in [6.07, 6.45) is 4.30. The molecule has 0 aromatic rings. The van der Waals surface area contributed by atoms with Gasteiger partial charge >= 0.3 is 0 Å². The van der Waals surface area contributed by atoms with Gasteiger partial charge in [-0.25, -0.2) is 0 Å². The minimum absolute atomic E-state index is 0.128. The molecule has 0 aliphatic heterocycles. The number of rotatable bonds is 2. The lowest BCUT2D eigenvalue weighted by Gasteiger charge is -2.34. The van der Waals surface area contributed by atoms with Crippen molar-refractivity contribution in [3.8, 4) is 0 Å². The van der Waals surface area contributed by atoms with E-state index in [1.54, 1.807) is 6.92 Å². The van der Waals surface area contributed by atoms with E-state index in [-0.39, 0.29) is 12.5 Å². The van der Waals surface area contributed by atoms with Gasteiger partial charge in [-0.15, -0.1) is 0 Å². The van der Waals surface area contributed by atoms with Gasteiger partial charge in [-0.2, -0.15) is 0 Å². The van der Waals surface area contributed by atoms with Crippen molar-refractivity contribution in [2.45, 2.75) is 38.6 Å². The lowest BCUT2D eigenvalue weighted by atomic mass is 9.85. The summed E-state index contributed by atoms with van der Waals surface area (Å²) in [4.78, 5) is 12.9. The van der Waals surface area contributed by atoms with E-state index in [4.69, 9.17) is 5.11 Å². The summed E-state index contributed by atoms with van der Waals surface area (Å²) < 4.78 is 0. The summed E-state index contributed by atoms with van der Waals surface area (Å²) in [6.45, 7) is 1.87. The first-order valence-corrected chi connectivity index (χ1v) is 4.99. The highest BCUT2D eigenvalue weighted by Gasteiger charge is 2.25. The van der Waals surface area contributed by atoms with Crippen molar-refractivity contribution in [3.05, 3.63) is 0 Å². The summed E-state index contributed by atoms with van der Waals surface area (Å²) in [5.74, 6) is 0.532. The topological polar surface area (TPSA) is 40.5 Å². The maximum atomic E-state index is 11.1. The summed E-state index contributed by atoms with van der Waals surface area (Å²) in [5, 5.41) is 9.03. The zero-order valence-corrected chi connectivity index (χ0v) is 8.49. The molecule has 13 heavy (non-hydrogen) atoms. The standard InChI is InChI=1S/C10H19NO2/c1-8(13)11(2)10-5-3-4-9(6-10)7-12/h9-10,12H,3-7H2,1-2H3. The van der Waals surface area contributed by atoms with E-state index in [0.29, 0.717) is 12.0 Å². The Balaban J connectivity index is 2.46. The third kappa shape index (κ3) is 2.69. The number of carbonyl (C=O) groups is 1.